The van der Waals surface area contributed by atoms with Crippen molar-refractivity contribution in [3.8, 4) is 5.75 Å². The Kier molecular flexibility index (Phi) is 4.11. The predicted molar refractivity (Wildman–Crippen MR) is 95.7 cm³/mol. The summed E-state index contributed by atoms with van der Waals surface area (Å²) in [5, 5.41) is 3.38. The van der Waals surface area contributed by atoms with E-state index in [-0.39, 0.29) is 11.4 Å². The zero-order valence-corrected chi connectivity index (χ0v) is 14.5. The molecule has 3 nitrogen and oxygen atoms in total. The van der Waals surface area contributed by atoms with E-state index >= 15 is 0 Å². The number of hydrogen-bond acceptors (Lipinski definition) is 2. The largest absolute Gasteiger partial charge is 0.494 e. The van der Waals surface area contributed by atoms with E-state index in [1.807, 2.05) is 37.3 Å². The summed E-state index contributed by atoms with van der Waals surface area (Å²) in [5.74, 6) is 3.49. The maximum absolute atomic E-state index is 12.4. The van der Waals surface area contributed by atoms with Crippen LogP contribution in [-0.2, 0) is 4.79 Å². The van der Waals surface area contributed by atoms with Crippen molar-refractivity contribution in [2.75, 3.05) is 6.61 Å². The van der Waals surface area contributed by atoms with E-state index in [2.05, 4.69) is 5.32 Å². The van der Waals surface area contributed by atoms with Crippen molar-refractivity contribution in [1.82, 2.24) is 5.32 Å². The van der Waals surface area contributed by atoms with Gasteiger partial charge in [0.15, 0.2) is 0 Å². The molecule has 4 aliphatic carbocycles. The molecule has 24 heavy (non-hydrogen) atoms. The highest BCUT2D eigenvalue weighted by atomic mass is 16.5. The average molecular weight is 325 g/mol. The normalized spacial score (nSPS) is 33.8. The van der Waals surface area contributed by atoms with Gasteiger partial charge in [0.05, 0.1) is 6.61 Å². The van der Waals surface area contributed by atoms with Crippen LogP contribution in [0.4, 0.5) is 0 Å². The molecule has 4 saturated carbocycles. The van der Waals surface area contributed by atoms with Crippen LogP contribution >= 0.6 is 0 Å². The maximum Gasteiger partial charge on any atom is 0.244 e. The van der Waals surface area contributed by atoms with Crippen LogP contribution in [0, 0.1) is 17.8 Å². The molecule has 0 unspecified atom stereocenters. The van der Waals surface area contributed by atoms with E-state index in [4.69, 9.17) is 4.74 Å². The number of ether oxygens (including phenoxy) is 1. The Morgan fingerprint density at radius 1 is 1.12 bits per heavy atom. The van der Waals surface area contributed by atoms with E-state index in [9.17, 15) is 4.79 Å². The molecule has 0 spiro atoms. The van der Waals surface area contributed by atoms with E-state index in [0.717, 1.165) is 29.1 Å². The third kappa shape index (κ3) is 3.22. The highest BCUT2D eigenvalue weighted by molar-refractivity contribution is 5.92. The second-order valence-corrected chi connectivity index (χ2v) is 8.02. The zero-order valence-electron chi connectivity index (χ0n) is 14.5. The van der Waals surface area contributed by atoms with Gasteiger partial charge in [-0.25, -0.2) is 0 Å². The van der Waals surface area contributed by atoms with E-state index in [1.54, 1.807) is 6.08 Å². The van der Waals surface area contributed by atoms with Gasteiger partial charge in [-0.3, -0.25) is 4.79 Å². The fourth-order valence-electron chi connectivity index (χ4n) is 5.58. The Balaban J connectivity index is 1.38. The van der Waals surface area contributed by atoms with Gasteiger partial charge in [0.2, 0.25) is 5.91 Å². The molecule has 0 aliphatic heterocycles. The molecule has 0 atom stereocenters. The number of hydrogen-bond donors (Lipinski definition) is 1. The fraction of sp³-hybridized carbons (Fsp3) is 0.571. The summed E-state index contributed by atoms with van der Waals surface area (Å²) in [6.45, 7) is 2.64. The fourth-order valence-corrected chi connectivity index (χ4v) is 5.58. The van der Waals surface area contributed by atoms with E-state index in [1.165, 1.54) is 38.5 Å². The monoisotopic (exact) mass is 325 g/mol. The maximum atomic E-state index is 12.4. The van der Waals surface area contributed by atoms with Crippen molar-refractivity contribution in [2.24, 2.45) is 17.8 Å². The van der Waals surface area contributed by atoms with Crippen molar-refractivity contribution in [3.63, 3.8) is 0 Å². The minimum absolute atomic E-state index is 0.0610. The molecule has 0 heterocycles. The summed E-state index contributed by atoms with van der Waals surface area (Å²) < 4.78 is 5.44. The Morgan fingerprint density at radius 3 is 2.25 bits per heavy atom. The number of carbonyl (C=O) groups excluding carboxylic acids is 1. The second-order valence-electron chi connectivity index (χ2n) is 8.02. The van der Waals surface area contributed by atoms with Crippen LogP contribution in [0.25, 0.3) is 6.08 Å². The average Bonchev–Trinajstić information content (AvgIpc) is 2.53. The molecule has 3 heteroatoms. The van der Waals surface area contributed by atoms with Crippen LogP contribution in [0.1, 0.15) is 51.0 Å². The molecule has 128 valence electrons. The molecule has 5 rings (SSSR count). The van der Waals surface area contributed by atoms with Crippen LogP contribution < -0.4 is 10.1 Å². The third-order valence-corrected chi connectivity index (χ3v) is 6.04. The van der Waals surface area contributed by atoms with Gasteiger partial charge in [-0.2, -0.15) is 0 Å². The Labute approximate surface area is 144 Å². The first-order valence-electron chi connectivity index (χ1n) is 9.37. The van der Waals surface area contributed by atoms with Crippen LogP contribution in [0.5, 0.6) is 5.75 Å². The number of benzene rings is 1. The number of amides is 1. The summed E-state index contributed by atoms with van der Waals surface area (Å²) in [7, 11) is 0. The lowest BCUT2D eigenvalue weighted by Gasteiger charge is -2.56. The zero-order chi connectivity index (χ0) is 16.6. The molecule has 0 saturated heterocycles. The number of nitrogens with one attached hydrogen (secondary N) is 1. The van der Waals surface area contributed by atoms with Crippen molar-refractivity contribution in [2.45, 2.75) is 51.0 Å². The highest BCUT2D eigenvalue weighted by Gasteiger charge is 2.51. The highest BCUT2D eigenvalue weighted by Crippen LogP contribution is 2.55. The topological polar surface area (TPSA) is 38.3 Å². The molecule has 1 aromatic carbocycles. The van der Waals surface area contributed by atoms with Crippen LogP contribution in [0.3, 0.4) is 0 Å². The standard InChI is InChI=1S/C21H27NO2/c1-2-24-19-6-3-15(4-7-19)5-8-20(23)22-21-12-16-9-17(13-21)11-18(10-16)14-21/h3-8,16-18H,2,9-14H2,1H3,(H,22,23)/b8-5+. The van der Waals surface area contributed by atoms with Gasteiger partial charge < -0.3 is 10.1 Å². The van der Waals surface area contributed by atoms with Gasteiger partial charge in [-0.15, -0.1) is 0 Å². The summed E-state index contributed by atoms with van der Waals surface area (Å²) in [4.78, 5) is 12.4. The van der Waals surface area contributed by atoms with Gasteiger partial charge in [0, 0.05) is 11.6 Å². The van der Waals surface area contributed by atoms with E-state index in [0.29, 0.717) is 6.61 Å². The van der Waals surface area contributed by atoms with Crippen molar-refractivity contribution in [3.05, 3.63) is 35.9 Å². The van der Waals surface area contributed by atoms with Gasteiger partial charge >= 0.3 is 0 Å². The summed E-state index contributed by atoms with van der Waals surface area (Å²) >= 11 is 0. The Bertz CT molecular complexity index is 596. The molecule has 0 aromatic heterocycles. The molecule has 1 N–H and O–H groups in total. The van der Waals surface area contributed by atoms with Gasteiger partial charge in [-0.05, 0) is 87.0 Å². The first-order chi connectivity index (χ1) is 11.6. The minimum Gasteiger partial charge on any atom is -0.494 e. The molecule has 4 bridgehead atoms. The number of rotatable bonds is 5. The van der Waals surface area contributed by atoms with Crippen molar-refractivity contribution < 1.29 is 9.53 Å². The Morgan fingerprint density at radius 2 is 1.71 bits per heavy atom. The van der Waals surface area contributed by atoms with Crippen LogP contribution in [0.15, 0.2) is 30.3 Å². The van der Waals surface area contributed by atoms with Gasteiger partial charge in [-0.1, -0.05) is 12.1 Å². The minimum atomic E-state index is 0.0610. The summed E-state index contributed by atoms with van der Waals surface area (Å²) in [6.07, 6.45) is 11.4. The van der Waals surface area contributed by atoms with Gasteiger partial charge in [0.1, 0.15) is 5.75 Å². The van der Waals surface area contributed by atoms with Gasteiger partial charge in [0.25, 0.3) is 0 Å². The van der Waals surface area contributed by atoms with E-state index < -0.39 is 0 Å². The predicted octanol–water partition coefficient (Wildman–Crippen LogP) is 4.18. The SMILES string of the molecule is CCOc1ccc(/C=C/C(=O)NC23CC4CC(CC(C4)C2)C3)cc1. The lowest BCUT2D eigenvalue weighted by atomic mass is 9.53. The van der Waals surface area contributed by atoms with Crippen molar-refractivity contribution in [1.29, 1.82) is 0 Å². The molecular formula is C21H27NO2. The summed E-state index contributed by atoms with van der Waals surface area (Å²) in [6, 6.07) is 7.86. The first kappa shape index (κ1) is 15.7. The lowest BCUT2D eigenvalue weighted by Crippen LogP contribution is -2.59. The van der Waals surface area contributed by atoms with Crippen LogP contribution in [-0.4, -0.2) is 18.1 Å². The lowest BCUT2D eigenvalue weighted by molar-refractivity contribution is -0.122. The molecule has 4 fully saturated rings. The third-order valence-electron chi connectivity index (χ3n) is 6.04. The summed E-state index contributed by atoms with van der Waals surface area (Å²) in [5.41, 5.74) is 1.12. The quantitative estimate of drug-likeness (QED) is 0.825. The molecule has 1 amide bonds. The van der Waals surface area contributed by atoms with Crippen LogP contribution in [0.2, 0.25) is 0 Å². The molecular weight excluding hydrogens is 298 g/mol. The molecule has 4 aliphatic rings. The number of carbonyl (C=O) groups is 1. The second kappa shape index (κ2) is 6.27. The smallest absolute Gasteiger partial charge is 0.244 e. The first-order valence-corrected chi connectivity index (χ1v) is 9.37. The van der Waals surface area contributed by atoms with Crippen molar-refractivity contribution >= 4 is 12.0 Å². The molecule has 1 aromatic rings. The molecule has 0 radical (unpaired) electrons. The Hall–Kier alpha value is -1.77.